The largest absolute Gasteiger partial charge is 0.369 e. The molecule has 2 saturated heterocycles. The molecule has 8 heteroatoms. The van der Waals surface area contributed by atoms with Crippen molar-refractivity contribution in [2.24, 2.45) is 10.2 Å². The van der Waals surface area contributed by atoms with Crippen LogP contribution in [0.1, 0.15) is 11.1 Å². The second-order valence-corrected chi connectivity index (χ2v) is 8.19. The molecule has 0 aromatic heterocycles. The molecular formula is C22H26Cl2N6. The molecular weight excluding hydrogens is 419 g/mol. The lowest BCUT2D eigenvalue weighted by Gasteiger charge is -2.29. The van der Waals surface area contributed by atoms with E-state index in [0.717, 1.165) is 74.9 Å². The first kappa shape index (κ1) is 21.1. The quantitative estimate of drug-likeness (QED) is 0.548. The van der Waals surface area contributed by atoms with Gasteiger partial charge in [-0.3, -0.25) is 0 Å². The van der Waals surface area contributed by atoms with Gasteiger partial charge in [-0.2, -0.15) is 10.2 Å². The lowest BCUT2D eigenvalue weighted by molar-refractivity contribution is 0.589. The molecule has 0 amide bonds. The number of halogens is 2. The maximum absolute atomic E-state index is 6.45. The molecule has 0 spiro atoms. The predicted octanol–water partition coefficient (Wildman–Crippen LogP) is 3.27. The average molecular weight is 445 g/mol. The molecule has 0 saturated carbocycles. The van der Waals surface area contributed by atoms with Crippen LogP contribution >= 0.6 is 23.2 Å². The van der Waals surface area contributed by atoms with Crippen molar-refractivity contribution in [2.75, 3.05) is 62.2 Å². The summed E-state index contributed by atoms with van der Waals surface area (Å²) in [6, 6.07) is 12.1. The summed E-state index contributed by atoms with van der Waals surface area (Å²) in [6.45, 7) is 7.93. The smallest absolute Gasteiger partial charge is 0.0583 e. The van der Waals surface area contributed by atoms with Gasteiger partial charge in [0.15, 0.2) is 0 Å². The molecule has 0 radical (unpaired) electrons. The second kappa shape index (κ2) is 10.3. The summed E-state index contributed by atoms with van der Waals surface area (Å²) in [5.41, 5.74) is 3.96. The molecule has 2 aromatic rings. The highest BCUT2D eigenvalue weighted by Gasteiger charge is 2.12. The van der Waals surface area contributed by atoms with Gasteiger partial charge in [0, 0.05) is 74.9 Å². The van der Waals surface area contributed by atoms with Crippen molar-refractivity contribution < 1.29 is 0 Å². The van der Waals surface area contributed by atoms with Gasteiger partial charge in [0.25, 0.3) is 0 Å². The van der Waals surface area contributed by atoms with E-state index in [0.29, 0.717) is 10.0 Å². The van der Waals surface area contributed by atoms with E-state index in [4.69, 9.17) is 23.2 Å². The molecule has 2 aliphatic rings. The Balaban J connectivity index is 1.39. The minimum Gasteiger partial charge on any atom is -0.369 e. The Morgan fingerprint density at radius 2 is 1.07 bits per heavy atom. The first-order valence-electron chi connectivity index (χ1n) is 10.3. The lowest BCUT2D eigenvalue weighted by Crippen LogP contribution is -2.43. The summed E-state index contributed by atoms with van der Waals surface area (Å²) in [6.07, 6.45) is 3.34. The number of nitrogens with zero attached hydrogens (tertiary/aromatic N) is 4. The van der Waals surface area contributed by atoms with Crippen molar-refractivity contribution in [3.63, 3.8) is 0 Å². The van der Waals surface area contributed by atoms with E-state index in [1.807, 2.05) is 24.3 Å². The monoisotopic (exact) mass is 444 g/mol. The van der Waals surface area contributed by atoms with Gasteiger partial charge in [-0.05, 0) is 36.4 Å². The molecule has 2 aliphatic heterocycles. The van der Waals surface area contributed by atoms with Crippen LogP contribution in [0.5, 0.6) is 0 Å². The van der Waals surface area contributed by atoms with E-state index in [1.165, 1.54) is 0 Å². The summed E-state index contributed by atoms with van der Waals surface area (Å²) < 4.78 is 0. The third-order valence-electron chi connectivity index (χ3n) is 5.39. The van der Waals surface area contributed by atoms with E-state index in [1.54, 1.807) is 12.4 Å². The maximum Gasteiger partial charge on any atom is 0.0583 e. The summed E-state index contributed by atoms with van der Waals surface area (Å²) in [5, 5.41) is 16.4. The highest BCUT2D eigenvalue weighted by Crippen LogP contribution is 2.24. The van der Waals surface area contributed by atoms with Crippen molar-refractivity contribution >= 4 is 47.0 Å². The first-order chi connectivity index (χ1) is 14.7. The number of rotatable bonds is 5. The Bertz CT molecular complexity index is 842. The number of nitrogens with one attached hydrogen (secondary N) is 2. The number of hydrogen-bond acceptors (Lipinski definition) is 6. The molecule has 2 N–H and O–H groups in total. The van der Waals surface area contributed by atoms with E-state index in [9.17, 15) is 0 Å². The van der Waals surface area contributed by atoms with Crippen LogP contribution in [0.25, 0.3) is 0 Å². The lowest BCUT2D eigenvalue weighted by atomic mass is 10.2. The molecule has 30 heavy (non-hydrogen) atoms. The Hall–Kier alpha value is -2.12. The summed E-state index contributed by atoms with van der Waals surface area (Å²) in [7, 11) is 0. The maximum atomic E-state index is 6.45. The number of piperazine rings is 2. The van der Waals surface area contributed by atoms with E-state index >= 15 is 0 Å². The van der Waals surface area contributed by atoms with Crippen molar-refractivity contribution in [1.29, 1.82) is 0 Å². The molecule has 4 rings (SSSR count). The fourth-order valence-corrected chi connectivity index (χ4v) is 4.12. The zero-order chi connectivity index (χ0) is 20.8. The zero-order valence-corrected chi connectivity index (χ0v) is 18.3. The minimum absolute atomic E-state index is 0.670. The van der Waals surface area contributed by atoms with Crippen LogP contribution in [0, 0.1) is 0 Å². The van der Waals surface area contributed by atoms with Gasteiger partial charge in [0.2, 0.25) is 0 Å². The first-order valence-corrected chi connectivity index (χ1v) is 11.0. The second-order valence-electron chi connectivity index (χ2n) is 7.37. The van der Waals surface area contributed by atoms with Crippen molar-refractivity contribution in [2.45, 2.75) is 0 Å². The van der Waals surface area contributed by atoms with Crippen molar-refractivity contribution in [3.8, 4) is 0 Å². The third kappa shape index (κ3) is 5.32. The van der Waals surface area contributed by atoms with Gasteiger partial charge in [-0.25, -0.2) is 0 Å². The van der Waals surface area contributed by atoms with Gasteiger partial charge < -0.3 is 20.4 Å². The molecule has 0 atom stereocenters. The minimum atomic E-state index is 0.670. The van der Waals surface area contributed by atoms with Crippen LogP contribution < -0.4 is 20.4 Å². The molecule has 6 nitrogen and oxygen atoms in total. The van der Waals surface area contributed by atoms with Crippen molar-refractivity contribution in [3.05, 3.63) is 57.6 Å². The highest BCUT2D eigenvalue weighted by atomic mass is 35.5. The average Bonchev–Trinajstić information content (AvgIpc) is 2.79. The van der Waals surface area contributed by atoms with Gasteiger partial charge in [-0.15, -0.1) is 0 Å². The normalized spacial score (nSPS) is 17.9. The fourth-order valence-electron chi connectivity index (χ4n) is 3.67. The Morgan fingerprint density at radius 3 is 1.43 bits per heavy atom. The van der Waals surface area contributed by atoms with Crippen LogP contribution in [-0.2, 0) is 0 Å². The van der Waals surface area contributed by atoms with Gasteiger partial charge >= 0.3 is 0 Å². The standard InChI is InChI=1S/C22H26Cl2N6/c23-21-13-19(29-9-5-25-6-10-29)3-1-17(21)15-27-28-16-18-2-4-20(14-22(18)24)30-11-7-26-8-12-30/h1-4,13-16,25-26H,5-12H2/b27-15+,28-16+. The molecule has 0 unspecified atom stereocenters. The SMILES string of the molecule is Clc1cc(N2CCNCC2)ccc1/C=N/N=C/c1ccc(N2CCNCC2)cc1Cl. The van der Waals surface area contributed by atoms with Gasteiger partial charge in [0.05, 0.1) is 22.5 Å². The number of hydrogen-bond donors (Lipinski definition) is 2. The van der Waals surface area contributed by atoms with E-state index < -0.39 is 0 Å². The molecule has 158 valence electrons. The topological polar surface area (TPSA) is 55.3 Å². The molecule has 2 aromatic carbocycles. The summed E-state index contributed by atoms with van der Waals surface area (Å²) >= 11 is 12.9. The van der Waals surface area contributed by atoms with E-state index in [-0.39, 0.29) is 0 Å². The highest BCUT2D eigenvalue weighted by molar-refractivity contribution is 6.33. The number of anilines is 2. The Labute approximate surface area is 187 Å². The molecule has 0 bridgehead atoms. The summed E-state index contributed by atoms with van der Waals surface area (Å²) in [5.74, 6) is 0. The van der Waals surface area contributed by atoms with Crippen LogP contribution in [-0.4, -0.2) is 64.8 Å². The van der Waals surface area contributed by atoms with Crippen molar-refractivity contribution in [1.82, 2.24) is 10.6 Å². The molecule has 2 heterocycles. The van der Waals surface area contributed by atoms with Gasteiger partial charge in [-0.1, -0.05) is 23.2 Å². The third-order valence-corrected chi connectivity index (χ3v) is 6.05. The fraction of sp³-hybridized carbons (Fsp3) is 0.364. The van der Waals surface area contributed by atoms with Crippen LogP contribution in [0.2, 0.25) is 10.0 Å². The molecule has 0 aliphatic carbocycles. The summed E-state index contributed by atoms with van der Waals surface area (Å²) in [4.78, 5) is 4.65. The van der Waals surface area contributed by atoms with Crippen LogP contribution in [0.15, 0.2) is 46.6 Å². The predicted molar refractivity (Wildman–Crippen MR) is 128 cm³/mol. The number of benzene rings is 2. The zero-order valence-electron chi connectivity index (χ0n) is 16.8. The molecule has 2 fully saturated rings. The van der Waals surface area contributed by atoms with E-state index in [2.05, 4.69) is 42.8 Å². The Kier molecular flexibility index (Phi) is 7.23. The Morgan fingerprint density at radius 1 is 0.667 bits per heavy atom. The van der Waals surface area contributed by atoms with Crippen LogP contribution in [0.4, 0.5) is 11.4 Å². The van der Waals surface area contributed by atoms with Crippen LogP contribution in [0.3, 0.4) is 0 Å². The van der Waals surface area contributed by atoms with Gasteiger partial charge in [0.1, 0.15) is 0 Å².